The van der Waals surface area contributed by atoms with E-state index < -0.39 is 24.8 Å². The molecule has 0 saturated heterocycles. The third-order valence-corrected chi connectivity index (χ3v) is 2.59. The quantitative estimate of drug-likeness (QED) is 0.605. The van der Waals surface area contributed by atoms with Crippen LogP contribution in [-0.4, -0.2) is 40.6 Å². The minimum atomic E-state index is -1.32. The maximum Gasteiger partial charge on any atom is 0.340 e. The summed E-state index contributed by atoms with van der Waals surface area (Å²) in [5.74, 6) is -0.829. The number of esters is 1. The van der Waals surface area contributed by atoms with Crippen LogP contribution in [0.4, 0.5) is 0 Å². The van der Waals surface area contributed by atoms with E-state index in [1.165, 1.54) is 11.3 Å². The molecule has 0 aliphatic carbocycles. The highest BCUT2D eigenvalue weighted by molar-refractivity contribution is 7.10. The van der Waals surface area contributed by atoms with E-state index in [1.54, 1.807) is 17.5 Å². The van der Waals surface area contributed by atoms with Crippen molar-refractivity contribution in [3.05, 3.63) is 22.4 Å². The van der Waals surface area contributed by atoms with Crippen molar-refractivity contribution >= 4 is 17.3 Å². The number of thiophene rings is 1. The Labute approximate surface area is 90.6 Å². The van der Waals surface area contributed by atoms with Crippen molar-refractivity contribution in [3.8, 4) is 0 Å². The van der Waals surface area contributed by atoms with Crippen LogP contribution >= 0.6 is 11.3 Å². The molecule has 0 aliphatic rings. The highest BCUT2D eigenvalue weighted by Crippen LogP contribution is 2.19. The number of ether oxygens (including phenoxy) is 1. The number of carbonyl (C=O) groups excluding carboxylic acids is 1. The summed E-state index contributed by atoms with van der Waals surface area (Å²) in [5.41, 5.74) is 0. The fraction of sp³-hybridized carbons (Fsp3) is 0.444. The molecule has 1 aromatic heterocycles. The summed E-state index contributed by atoms with van der Waals surface area (Å²) >= 11 is 1.24. The number of carbonyl (C=O) groups is 1. The van der Waals surface area contributed by atoms with Crippen molar-refractivity contribution < 1.29 is 24.9 Å². The van der Waals surface area contributed by atoms with Gasteiger partial charge in [0.1, 0.15) is 12.7 Å². The molecule has 1 aromatic rings. The molecule has 0 bridgehead atoms. The largest absolute Gasteiger partial charge is 0.461 e. The summed E-state index contributed by atoms with van der Waals surface area (Å²) in [7, 11) is 0. The smallest absolute Gasteiger partial charge is 0.340 e. The maximum absolute atomic E-state index is 11.2. The topological polar surface area (TPSA) is 87.0 Å². The zero-order valence-corrected chi connectivity index (χ0v) is 8.68. The highest BCUT2D eigenvalue weighted by atomic mass is 32.1. The molecule has 0 saturated carbocycles. The summed E-state index contributed by atoms with van der Waals surface area (Å²) < 4.78 is 4.59. The SMILES string of the molecule is O=C(OCC(O)CO)C(O)c1cccs1. The number of hydrogen-bond donors (Lipinski definition) is 3. The fourth-order valence-corrected chi connectivity index (χ4v) is 1.57. The third kappa shape index (κ3) is 3.60. The Bertz CT molecular complexity index is 297. The maximum atomic E-state index is 11.2. The minimum absolute atomic E-state index is 0.322. The predicted molar refractivity (Wildman–Crippen MR) is 53.3 cm³/mol. The van der Waals surface area contributed by atoms with E-state index >= 15 is 0 Å². The first-order chi connectivity index (χ1) is 7.15. The zero-order valence-electron chi connectivity index (χ0n) is 7.87. The van der Waals surface area contributed by atoms with Crippen molar-refractivity contribution in [1.29, 1.82) is 0 Å². The number of rotatable bonds is 5. The molecule has 5 nitrogen and oxygen atoms in total. The van der Waals surface area contributed by atoms with E-state index in [0.717, 1.165) is 0 Å². The molecule has 3 N–H and O–H groups in total. The molecule has 0 aliphatic heterocycles. The fourth-order valence-electron chi connectivity index (χ4n) is 0.873. The number of hydrogen-bond acceptors (Lipinski definition) is 6. The Morgan fingerprint density at radius 3 is 2.80 bits per heavy atom. The second kappa shape index (κ2) is 5.82. The monoisotopic (exact) mass is 232 g/mol. The summed E-state index contributed by atoms with van der Waals surface area (Å²) in [4.78, 5) is 11.7. The zero-order chi connectivity index (χ0) is 11.3. The van der Waals surface area contributed by atoms with Crippen LogP contribution in [0.5, 0.6) is 0 Å². The Balaban J connectivity index is 2.41. The molecular weight excluding hydrogens is 220 g/mol. The van der Waals surface area contributed by atoms with Crippen LogP contribution in [-0.2, 0) is 9.53 Å². The minimum Gasteiger partial charge on any atom is -0.461 e. The molecule has 84 valence electrons. The first kappa shape index (κ1) is 12.1. The van der Waals surface area contributed by atoms with E-state index in [4.69, 9.17) is 10.2 Å². The molecule has 0 spiro atoms. The molecule has 1 heterocycles. The van der Waals surface area contributed by atoms with Crippen LogP contribution in [0.1, 0.15) is 11.0 Å². The third-order valence-electron chi connectivity index (χ3n) is 1.66. The van der Waals surface area contributed by atoms with Crippen LogP contribution < -0.4 is 0 Å². The summed E-state index contributed by atoms with van der Waals surface area (Å²) in [6.45, 7) is -0.805. The first-order valence-corrected chi connectivity index (χ1v) is 5.20. The Morgan fingerprint density at radius 1 is 1.53 bits per heavy atom. The van der Waals surface area contributed by atoms with E-state index in [2.05, 4.69) is 4.74 Å². The van der Waals surface area contributed by atoms with Gasteiger partial charge in [0.25, 0.3) is 0 Å². The lowest BCUT2D eigenvalue weighted by atomic mass is 10.3. The summed E-state index contributed by atoms with van der Waals surface area (Å²) in [5, 5.41) is 28.6. The van der Waals surface area contributed by atoms with Crippen LogP contribution in [0.2, 0.25) is 0 Å². The van der Waals surface area contributed by atoms with Gasteiger partial charge in [0, 0.05) is 4.88 Å². The molecule has 2 atom stereocenters. The van der Waals surface area contributed by atoms with Crippen LogP contribution in [0.15, 0.2) is 17.5 Å². The number of aliphatic hydroxyl groups excluding tert-OH is 3. The van der Waals surface area contributed by atoms with E-state index in [9.17, 15) is 9.90 Å². The average Bonchev–Trinajstić information content (AvgIpc) is 2.77. The second-order valence-corrected chi connectivity index (χ2v) is 3.86. The van der Waals surface area contributed by atoms with Gasteiger partial charge in [-0.25, -0.2) is 4.79 Å². The average molecular weight is 232 g/mol. The highest BCUT2D eigenvalue weighted by Gasteiger charge is 2.20. The Morgan fingerprint density at radius 2 is 2.27 bits per heavy atom. The van der Waals surface area contributed by atoms with E-state index in [0.29, 0.717) is 4.88 Å². The van der Waals surface area contributed by atoms with Gasteiger partial charge >= 0.3 is 5.97 Å². The summed E-state index contributed by atoms with van der Waals surface area (Å²) in [6.07, 6.45) is -2.43. The molecule has 0 amide bonds. The van der Waals surface area contributed by atoms with Gasteiger partial charge in [-0.15, -0.1) is 11.3 Å². The molecule has 0 aromatic carbocycles. The lowest BCUT2D eigenvalue weighted by molar-refractivity contribution is -0.157. The molecular formula is C9H12O5S. The first-order valence-electron chi connectivity index (χ1n) is 4.32. The second-order valence-electron chi connectivity index (χ2n) is 2.88. The summed E-state index contributed by atoms with van der Waals surface area (Å²) in [6, 6.07) is 3.32. The lowest BCUT2D eigenvalue weighted by Gasteiger charge is -2.11. The lowest BCUT2D eigenvalue weighted by Crippen LogP contribution is -2.24. The molecule has 6 heteroatoms. The Hall–Kier alpha value is -0.950. The van der Waals surface area contributed by atoms with Crippen molar-refractivity contribution in [2.24, 2.45) is 0 Å². The predicted octanol–water partition coefficient (Wildman–Crippen LogP) is -0.322. The van der Waals surface area contributed by atoms with Gasteiger partial charge in [0.15, 0.2) is 6.10 Å². The van der Waals surface area contributed by atoms with Gasteiger partial charge in [-0.1, -0.05) is 6.07 Å². The standard InChI is InChI=1S/C9H12O5S/c10-4-6(11)5-14-9(13)8(12)7-2-1-3-15-7/h1-3,6,8,10-12H,4-5H2. The van der Waals surface area contributed by atoms with E-state index in [1.807, 2.05) is 0 Å². The number of aliphatic hydroxyl groups is 3. The van der Waals surface area contributed by atoms with Crippen LogP contribution in [0, 0.1) is 0 Å². The van der Waals surface area contributed by atoms with Gasteiger partial charge in [-0.2, -0.15) is 0 Å². The van der Waals surface area contributed by atoms with Gasteiger partial charge in [-0.05, 0) is 11.4 Å². The van der Waals surface area contributed by atoms with Gasteiger partial charge in [0.2, 0.25) is 0 Å². The van der Waals surface area contributed by atoms with Crippen molar-refractivity contribution in [2.45, 2.75) is 12.2 Å². The molecule has 1 rings (SSSR count). The van der Waals surface area contributed by atoms with Gasteiger partial charge in [0.05, 0.1) is 6.61 Å². The van der Waals surface area contributed by atoms with Crippen molar-refractivity contribution in [3.63, 3.8) is 0 Å². The van der Waals surface area contributed by atoms with E-state index in [-0.39, 0.29) is 6.61 Å². The van der Waals surface area contributed by atoms with Gasteiger partial charge < -0.3 is 20.1 Å². The van der Waals surface area contributed by atoms with Crippen molar-refractivity contribution in [1.82, 2.24) is 0 Å². The van der Waals surface area contributed by atoms with Crippen molar-refractivity contribution in [2.75, 3.05) is 13.2 Å². The molecule has 15 heavy (non-hydrogen) atoms. The molecule has 0 fully saturated rings. The van der Waals surface area contributed by atoms with Crippen LogP contribution in [0.3, 0.4) is 0 Å². The van der Waals surface area contributed by atoms with Crippen LogP contribution in [0.25, 0.3) is 0 Å². The normalized spacial score (nSPS) is 14.6. The Kier molecular flexibility index (Phi) is 4.70. The molecule has 0 radical (unpaired) electrons. The molecule has 2 unspecified atom stereocenters. The van der Waals surface area contributed by atoms with Gasteiger partial charge in [-0.3, -0.25) is 0 Å².